The first-order chi connectivity index (χ1) is 13.9. The largest absolute Gasteiger partial charge is 0.416 e. The van der Waals surface area contributed by atoms with E-state index in [2.05, 4.69) is 0 Å². The average Bonchev–Trinajstić information content (AvgIpc) is 3.00. The minimum Gasteiger partial charge on any atom is -0.340 e. The summed E-state index contributed by atoms with van der Waals surface area (Å²) in [6, 6.07) is 1.34. The van der Waals surface area contributed by atoms with Crippen molar-refractivity contribution in [3.63, 3.8) is 0 Å². The zero-order chi connectivity index (χ0) is 22.3. The summed E-state index contributed by atoms with van der Waals surface area (Å²) >= 11 is 0. The first kappa shape index (κ1) is 22.4. The first-order valence-electron chi connectivity index (χ1n) is 9.73. The third-order valence-electron chi connectivity index (χ3n) is 5.67. The number of halogens is 6. The Kier molecular flexibility index (Phi) is 6.06. The van der Waals surface area contributed by atoms with Crippen molar-refractivity contribution in [2.45, 2.75) is 57.5 Å². The van der Waals surface area contributed by atoms with Crippen molar-refractivity contribution in [1.29, 1.82) is 0 Å². The van der Waals surface area contributed by atoms with E-state index in [4.69, 9.17) is 0 Å². The van der Waals surface area contributed by atoms with Crippen molar-refractivity contribution < 1.29 is 35.9 Å². The minimum absolute atomic E-state index is 0.0154. The lowest BCUT2D eigenvalue weighted by Crippen LogP contribution is -2.45. The topological polar surface area (TPSA) is 40.6 Å². The number of hydrogen-bond acceptors (Lipinski definition) is 2. The summed E-state index contributed by atoms with van der Waals surface area (Å²) in [4.78, 5) is 28.0. The Balaban J connectivity index is 1.78. The van der Waals surface area contributed by atoms with Crippen LogP contribution >= 0.6 is 0 Å². The molecule has 0 aliphatic carbocycles. The van der Waals surface area contributed by atoms with Crippen molar-refractivity contribution in [3.8, 4) is 0 Å². The number of hydrogen-bond donors (Lipinski definition) is 0. The molecule has 0 bridgehead atoms. The Morgan fingerprint density at radius 1 is 1.03 bits per heavy atom. The van der Waals surface area contributed by atoms with Crippen LogP contribution in [0.25, 0.3) is 0 Å². The first-order valence-corrected chi connectivity index (χ1v) is 9.73. The maximum atomic E-state index is 13.0. The Morgan fingerprint density at radius 2 is 1.63 bits per heavy atom. The molecule has 0 saturated carbocycles. The standard InChI is InChI=1S/C20H22F6N2O2/c1-12-4-2-3-5-28(12)18(30)14-8-17(29)27(11-14)10-13-6-15(19(21,22)23)9-16(7-13)20(24,25)26/h6-7,9,12,14H,2-5,8,10-11H2,1H3/t12-,14-/m0/s1. The van der Waals surface area contributed by atoms with E-state index in [0.717, 1.165) is 24.2 Å². The van der Waals surface area contributed by atoms with E-state index in [1.165, 1.54) is 0 Å². The van der Waals surface area contributed by atoms with Crippen LogP contribution < -0.4 is 0 Å². The van der Waals surface area contributed by atoms with E-state index >= 15 is 0 Å². The fraction of sp³-hybridized carbons (Fsp3) is 0.600. The van der Waals surface area contributed by atoms with Gasteiger partial charge in [-0.05, 0) is 49.9 Å². The molecule has 0 aromatic heterocycles. The fourth-order valence-electron chi connectivity index (χ4n) is 4.08. The number of rotatable bonds is 3. The van der Waals surface area contributed by atoms with Crippen molar-refractivity contribution in [2.24, 2.45) is 5.92 Å². The van der Waals surface area contributed by atoms with Gasteiger partial charge in [0.2, 0.25) is 11.8 Å². The summed E-state index contributed by atoms with van der Waals surface area (Å²) in [6.07, 6.45) is -7.25. The van der Waals surface area contributed by atoms with Crippen LogP contribution in [0.1, 0.15) is 49.3 Å². The summed E-state index contributed by atoms with van der Waals surface area (Å²) in [5.74, 6) is -1.27. The summed E-state index contributed by atoms with van der Waals surface area (Å²) in [5.41, 5.74) is -3.12. The molecule has 3 rings (SSSR count). The van der Waals surface area contributed by atoms with Gasteiger partial charge in [-0.3, -0.25) is 9.59 Å². The van der Waals surface area contributed by atoms with Crippen LogP contribution in [0.4, 0.5) is 26.3 Å². The molecule has 10 heteroatoms. The molecule has 2 saturated heterocycles. The summed E-state index contributed by atoms with van der Waals surface area (Å²) < 4.78 is 78.2. The van der Waals surface area contributed by atoms with E-state index < -0.39 is 41.8 Å². The number of alkyl halides is 6. The number of benzene rings is 1. The van der Waals surface area contributed by atoms with Crippen molar-refractivity contribution in [2.75, 3.05) is 13.1 Å². The van der Waals surface area contributed by atoms with E-state index in [9.17, 15) is 35.9 Å². The lowest BCUT2D eigenvalue weighted by molar-refractivity contribution is -0.143. The van der Waals surface area contributed by atoms with E-state index in [1.54, 1.807) is 4.90 Å². The maximum Gasteiger partial charge on any atom is 0.416 e. The Bertz CT molecular complexity index is 788. The maximum absolute atomic E-state index is 13.0. The molecule has 1 aromatic rings. The second-order valence-electron chi connectivity index (χ2n) is 7.97. The molecule has 166 valence electrons. The highest BCUT2D eigenvalue weighted by Gasteiger charge is 2.40. The molecule has 2 atom stereocenters. The van der Waals surface area contributed by atoms with Crippen LogP contribution in [0, 0.1) is 5.92 Å². The van der Waals surface area contributed by atoms with Gasteiger partial charge >= 0.3 is 12.4 Å². The Labute approximate surface area is 169 Å². The van der Waals surface area contributed by atoms with Gasteiger partial charge in [-0.1, -0.05) is 0 Å². The van der Waals surface area contributed by atoms with Gasteiger partial charge in [0.15, 0.2) is 0 Å². The highest BCUT2D eigenvalue weighted by molar-refractivity contribution is 5.89. The molecule has 2 aliphatic rings. The summed E-state index contributed by atoms with van der Waals surface area (Å²) in [6.45, 7) is 2.09. The zero-order valence-electron chi connectivity index (χ0n) is 16.3. The average molecular weight is 436 g/mol. The number of nitrogens with zero attached hydrogens (tertiary/aromatic N) is 2. The summed E-state index contributed by atoms with van der Waals surface area (Å²) in [7, 11) is 0. The number of likely N-dealkylation sites (tertiary alicyclic amines) is 2. The molecular formula is C20H22F6N2O2. The number of amides is 2. The van der Waals surface area contributed by atoms with Crippen molar-refractivity contribution in [1.82, 2.24) is 9.80 Å². The van der Waals surface area contributed by atoms with Crippen molar-refractivity contribution in [3.05, 3.63) is 34.9 Å². The summed E-state index contributed by atoms with van der Waals surface area (Å²) in [5, 5.41) is 0. The van der Waals surface area contributed by atoms with Crippen LogP contribution in [-0.4, -0.2) is 40.7 Å². The van der Waals surface area contributed by atoms with Gasteiger partial charge in [-0.2, -0.15) is 26.3 Å². The van der Waals surface area contributed by atoms with Gasteiger partial charge in [0.1, 0.15) is 0 Å². The molecule has 2 aliphatic heterocycles. The molecule has 0 spiro atoms. The molecule has 4 nitrogen and oxygen atoms in total. The molecule has 2 amide bonds. The van der Waals surface area contributed by atoms with Gasteiger partial charge in [-0.15, -0.1) is 0 Å². The van der Waals surface area contributed by atoms with Gasteiger partial charge in [0, 0.05) is 32.1 Å². The molecule has 30 heavy (non-hydrogen) atoms. The lowest BCUT2D eigenvalue weighted by atomic mass is 9.99. The molecular weight excluding hydrogens is 414 g/mol. The van der Waals surface area contributed by atoms with Crippen LogP contribution in [0.5, 0.6) is 0 Å². The van der Waals surface area contributed by atoms with Gasteiger partial charge in [-0.25, -0.2) is 0 Å². The predicted octanol–water partition coefficient (Wildman–Crippen LogP) is 4.47. The van der Waals surface area contributed by atoms with Gasteiger partial charge in [0.25, 0.3) is 0 Å². The second kappa shape index (κ2) is 8.11. The lowest BCUT2D eigenvalue weighted by Gasteiger charge is -2.35. The third kappa shape index (κ3) is 4.89. The SMILES string of the molecule is C[C@H]1CCCCN1C(=O)[C@H]1CC(=O)N(Cc2cc(C(F)(F)F)cc(C(F)(F)F)c2)C1. The normalized spacial score (nSPS) is 23.2. The molecule has 2 heterocycles. The smallest absolute Gasteiger partial charge is 0.340 e. The zero-order valence-corrected chi connectivity index (χ0v) is 16.3. The van der Waals surface area contributed by atoms with E-state index in [-0.39, 0.29) is 36.5 Å². The van der Waals surface area contributed by atoms with Crippen LogP contribution in [0.3, 0.4) is 0 Å². The highest BCUT2D eigenvalue weighted by atomic mass is 19.4. The Hall–Kier alpha value is -2.26. The van der Waals surface area contributed by atoms with Crippen LogP contribution in [0.15, 0.2) is 18.2 Å². The molecule has 1 aromatic carbocycles. The van der Waals surface area contributed by atoms with Crippen LogP contribution in [0.2, 0.25) is 0 Å². The van der Waals surface area contributed by atoms with Crippen LogP contribution in [-0.2, 0) is 28.5 Å². The quantitative estimate of drug-likeness (QED) is 0.656. The molecule has 0 N–H and O–H groups in total. The molecule has 2 fully saturated rings. The Morgan fingerprint density at radius 3 is 2.17 bits per heavy atom. The molecule has 0 unspecified atom stereocenters. The fourth-order valence-corrected chi connectivity index (χ4v) is 4.08. The van der Waals surface area contributed by atoms with E-state index in [0.29, 0.717) is 18.7 Å². The van der Waals surface area contributed by atoms with Crippen molar-refractivity contribution >= 4 is 11.8 Å². The third-order valence-corrected chi connectivity index (χ3v) is 5.67. The number of carbonyl (C=O) groups is 2. The highest BCUT2D eigenvalue weighted by Crippen LogP contribution is 2.37. The number of carbonyl (C=O) groups excluding carboxylic acids is 2. The van der Waals surface area contributed by atoms with E-state index in [1.807, 2.05) is 6.92 Å². The second-order valence-corrected chi connectivity index (χ2v) is 7.97. The molecule has 0 radical (unpaired) electrons. The predicted molar refractivity (Wildman–Crippen MR) is 95.0 cm³/mol. The van der Waals surface area contributed by atoms with Gasteiger partial charge < -0.3 is 9.80 Å². The number of piperidine rings is 1. The minimum atomic E-state index is -4.95. The monoisotopic (exact) mass is 436 g/mol. The van der Waals surface area contributed by atoms with Gasteiger partial charge in [0.05, 0.1) is 17.0 Å².